The van der Waals surface area contributed by atoms with Gasteiger partial charge in [-0.2, -0.15) is 0 Å². The summed E-state index contributed by atoms with van der Waals surface area (Å²) in [5.74, 6) is 0.727. The van der Waals surface area contributed by atoms with Crippen LogP contribution >= 0.6 is 27.5 Å². The fraction of sp³-hybridized carbons (Fsp3) is 0.200. The minimum Gasteiger partial charge on any atom is -0.493 e. The summed E-state index contributed by atoms with van der Waals surface area (Å²) in [6, 6.07) is 9.90. The summed E-state index contributed by atoms with van der Waals surface area (Å²) in [5.41, 5.74) is 1.72. The zero-order valence-corrected chi connectivity index (χ0v) is 13.2. The SMILES string of the molecule is COc1cc(CBr)cc(Cl)c1OCc1cccc(F)c1. The monoisotopic (exact) mass is 358 g/mol. The molecule has 0 heterocycles. The molecule has 0 saturated heterocycles. The summed E-state index contributed by atoms with van der Waals surface area (Å²) in [5, 5.41) is 1.14. The minimum absolute atomic E-state index is 0.224. The first-order valence-corrected chi connectivity index (χ1v) is 7.43. The molecule has 0 unspecified atom stereocenters. The number of benzene rings is 2. The van der Waals surface area contributed by atoms with E-state index in [1.54, 1.807) is 25.3 Å². The van der Waals surface area contributed by atoms with Gasteiger partial charge in [0.25, 0.3) is 0 Å². The van der Waals surface area contributed by atoms with Crippen molar-refractivity contribution in [1.82, 2.24) is 0 Å². The molecule has 0 bridgehead atoms. The second-order valence-electron chi connectivity index (χ2n) is 4.16. The highest BCUT2D eigenvalue weighted by atomic mass is 79.9. The molecular formula is C15H13BrClFO2. The molecule has 0 radical (unpaired) electrons. The zero-order valence-electron chi connectivity index (χ0n) is 10.8. The van der Waals surface area contributed by atoms with E-state index in [1.807, 2.05) is 6.07 Å². The zero-order chi connectivity index (χ0) is 14.5. The number of hydrogen-bond donors (Lipinski definition) is 0. The van der Waals surface area contributed by atoms with Crippen LogP contribution < -0.4 is 9.47 Å². The molecule has 0 saturated carbocycles. The molecule has 0 fully saturated rings. The topological polar surface area (TPSA) is 18.5 Å². The number of alkyl halides is 1. The molecule has 2 aromatic carbocycles. The van der Waals surface area contributed by atoms with Gasteiger partial charge in [0.2, 0.25) is 0 Å². The maximum absolute atomic E-state index is 13.1. The third-order valence-corrected chi connectivity index (χ3v) is 3.64. The summed E-state index contributed by atoms with van der Waals surface area (Å²) in [6.45, 7) is 0.224. The average Bonchev–Trinajstić information content (AvgIpc) is 2.45. The van der Waals surface area contributed by atoms with Gasteiger partial charge in [0, 0.05) is 5.33 Å². The standard InChI is InChI=1S/C15H13BrClFO2/c1-19-14-7-11(8-16)6-13(17)15(14)20-9-10-3-2-4-12(18)5-10/h2-7H,8-9H2,1H3. The highest BCUT2D eigenvalue weighted by molar-refractivity contribution is 9.08. The van der Waals surface area contributed by atoms with Crippen molar-refractivity contribution in [2.24, 2.45) is 0 Å². The Hall–Kier alpha value is -1.26. The third kappa shape index (κ3) is 3.64. The third-order valence-electron chi connectivity index (χ3n) is 2.72. The van der Waals surface area contributed by atoms with E-state index in [9.17, 15) is 4.39 Å². The molecule has 2 nitrogen and oxygen atoms in total. The van der Waals surface area contributed by atoms with Crippen LogP contribution in [0.25, 0.3) is 0 Å². The fourth-order valence-electron chi connectivity index (χ4n) is 1.77. The minimum atomic E-state index is -0.293. The highest BCUT2D eigenvalue weighted by Crippen LogP contribution is 2.37. The molecule has 0 aliphatic carbocycles. The number of hydrogen-bond acceptors (Lipinski definition) is 2. The van der Waals surface area contributed by atoms with Crippen LogP contribution in [0.15, 0.2) is 36.4 Å². The van der Waals surface area contributed by atoms with E-state index in [1.165, 1.54) is 12.1 Å². The lowest BCUT2D eigenvalue weighted by Crippen LogP contribution is -1.99. The largest absolute Gasteiger partial charge is 0.493 e. The molecule has 5 heteroatoms. The van der Waals surface area contributed by atoms with E-state index >= 15 is 0 Å². The van der Waals surface area contributed by atoms with Crippen molar-refractivity contribution in [3.05, 3.63) is 58.4 Å². The maximum atomic E-state index is 13.1. The molecule has 0 spiro atoms. The van der Waals surface area contributed by atoms with E-state index in [0.717, 1.165) is 11.1 Å². The first-order valence-electron chi connectivity index (χ1n) is 5.93. The van der Waals surface area contributed by atoms with Crippen LogP contribution in [0.5, 0.6) is 11.5 Å². The average molecular weight is 360 g/mol. The Morgan fingerprint density at radius 1 is 1.20 bits per heavy atom. The second kappa shape index (κ2) is 6.95. The summed E-state index contributed by atoms with van der Waals surface area (Å²) in [7, 11) is 1.55. The van der Waals surface area contributed by atoms with Gasteiger partial charge >= 0.3 is 0 Å². The summed E-state index contributed by atoms with van der Waals surface area (Å²) < 4.78 is 24.0. The quantitative estimate of drug-likeness (QED) is 0.702. The van der Waals surface area contributed by atoms with Gasteiger partial charge in [-0.1, -0.05) is 39.7 Å². The van der Waals surface area contributed by atoms with Crippen molar-refractivity contribution in [3.8, 4) is 11.5 Å². The van der Waals surface area contributed by atoms with Gasteiger partial charge in [-0.25, -0.2) is 4.39 Å². The Kier molecular flexibility index (Phi) is 5.26. The number of methoxy groups -OCH3 is 1. The van der Waals surface area contributed by atoms with Crippen LogP contribution in [0.1, 0.15) is 11.1 Å². The second-order valence-corrected chi connectivity index (χ2v) is 5.13. The molecule has 2 aromatic rings. The van der Waals surface area contributed by atoms with E-state index in [4.69, 9.17) is 21.1 Å². The van der Waals surface area contributed by atoms with Crippen molar-refractivity contribution < 1.29 is 13.9 Å². The Morgan fingerprint density at radius 3 is 2.65 bits per heavy atom. The Morgan fingerprint density at radius 2 is 2.00 bits per heavy atom. The van der Waals surface area contributed by atoms with E-state index in [2.05, 4.69) is 15.9 Å². The van der Waals surface area contributed by atoms with Gasteiger partial charge in [-0.3, -0.25) is 0 Å². The van der Waals surface area contributed by atoms with Crippen molar-refractivity contribution in [3.63, 3.8) is 0 Å². The molecule has 0 aliphatic rings. The summed E-state index contributed by atoms with van der Waals surface area (Å²) >= 11 is 9.56. The van der Waals surface area contributed by atoms with Gasteiger partial charge in [-0.05, 0) is 35.4 Å². The lowest BCUT2D eigenvalue weighted by atomic mass is 10.2. The number of halogens is 3. The van der Waals surface area contributed by atoms with Crippen molar-refractivity contribution in [1.29, 1.82) is 0 Å². The van der Waals surface area contributed by atoms with Gasteiger partial charge in [0.15, 0.2) is 11.5 Å². The molecule has 0 aromatic heterocycles. The van der Waals surface area contributed by atoms with E-state index in [-0.39, 0.29) is 12.4 Å². The van der Waals surface area contributed by atoms with Crippen molar-refractivity contribution in [2.75, 3.05) is 7.11 Å². The van der Waals surface area contributed by atoms with Gasteiger partial charge < -0.3 is 9.47 Å². The lowest BCUT2D eigenvalue weighted by molar-refractivity contribution is 0.284. The highest BCUT2D eigenvalue weighted by Gasteiger charge is 2.12. The van der Waals surface area contributed by atoms with Crippen LogP contribution in [0, 0.1) is 5.82 Å². The van der Waals surface area contributed by atoms with Crippen LogP contribution in [-0.2, 0) is 11.9 Å². The number of rotatable bonds is 5. The van der Waals surface area contributed by atoms with Gasteiger partial charge in [-0.15, -0.1) is 0 Å². The van der Waals surface area contributed by atoms with E-state index in [0.29, 0.717) is 21.9 Å². The first kappa shape index (κ1) is 15.1. The molecule has 20 heavy (non-hydrogen) atoms. The fourth-order valence-corrected chi connectivity index (χ4v) is 2.38. The Labute approximate surface area is 130 Å². The summed E-state index contributed by atoms with van der Waals surface area (Å²) in [6.07, 6.45) is 0. The molecule has 0 amide bonds. The lowest BCUT2D eigenvalue weighted by Gasteiger charge is -2.13. The maximum Gasteiger partial charge on any atom is 0.180 e. The Balaban J connectivity index is 2.20. The van der Waals surface area contributed by atoms with Crippen LogP contribution in [-0.4, -0.2) is 7.11 Å². The summed E-state index contributed by atoms with van der Waals surface area (Å²) in [4.78, 5) is 0. The smallest absolute Gasteiger partial charge is 0.180 e. The predicted molar refractivity (Wildman–Crippen MR) is 81.4 cm³/mol. The molecular weight excluding hydrogens is 347 g/mol. The van der Waals surface area contributed by atoms with Gasteiger partial charge in [0.05, 0.1) is 12.1 Å². The number of ether oxygens (including phenoxy) is 2. The molecule has 0 N–H and O–H groups in total. The first-order chi connectivity index (χ1) is 9.63. The van der Waals surface area contributed by atoms with E-state index < -0.39 is 0 Å². The Bertz CT molecular complexity index is 604. The van der Waals surface area contributed by atoms with Crippen LogP contribution in [0.4, 0.5) is 4.39 Å². The van der Waals surface area contributed by atoms with Crippen molar-refractivity contribution >= 4 is 27.5 Å². The molecule has 2 rings (SSSR count). The van der Waals surface area contributed by atoms with Crippen molar-refractivity contribution in [2.45, 2.75) is 11.9 Å². The van der Waals surface area contributed by atoms with Crippen LogP contribution in [0.2, 0.25) is 5.02 Å². The normalized spacial score (nSPS) is 10.4. The predicted octanol–water partition coefficient (Wildman–Crippen LogP) is 4.96. The van der Waals surface area contributed by atoms with Crippen LogP contribution in [0.3, 0.4) is 0 Å². The molecule has 0 atom stereocenters. The molecule has 0 aliphatic heterocycles. The van der Waals surface area contributed by atoms with Gasteiger partial charge in [0.1, 0.15) is 12.4 Å². The molecule has 106 valence electrons.